The number of esters is 1. The molecule has 0 saturated heterocycles. The largest absolute Gasteiger partial charge is 0.466 e. The molecule has 5 heteroatoms. The fourth-order valence-electron chi connectivity index (χ4n) is 0.830. The van der Waals surface area contributed by atoms with Crippen LogP contribution in [0.2, 0.25) is 0 Å². The van der Waals surface area contributed by atoms with Crippen molar-refractivity contribution in [3.8, 4) is 0 Å². The Hall–Kier alpha value is -0.970. The number of oxazole rings is 1. The van der Waals surface area contributed by atoms with Crippen molar-refractivity contribution in [1.29, 1.82) is 0 Å². The highest BCUT2D eigenvalue weighted by Gasteiger charge is 2.14. The highest BCUT2D eigenvalue weighted by atomic mass is 32.2. The highest BCUT2D eigenvalue weighted by Crippen LogP contribution is 2.18. The van der Waals surface area contributed by atoms with Gasteiger partial charge in [-0.15, -0.1) is 0 Å². The molecule has 1 rings (SSSR count). The maximum atomic E-state index is 11.2. The van der Waals surface area contributed by atoms with Gasteiger partial charge in [0.2, 0.25) is 0 Å². The minimum Gasteiger partial charge on any atom is -0.466 e. The van der Waals surface area contributed by atoms with Crippen molar-refractivity contribution < 1.29 is 13.9 Å². The predicted molar refractivity (Wildman–Crippen MR) is 53.0 cm³/mol. The van der Waals surface area contributed by atoms with E-state index < -0.39 is 0 Å². The van der Waals surface area contributed by atoms with Crippen molar-refractivity contribution in [3.63, 3.8) is 0 Å². The fourth-order valence-corrected chi connectivity index (χ4v) is 1.62. The van der Waals surface area contributed by atoms with Gasteiger partial charge in [0.05, 0.1) is 18.7 Å². The summed E-state index contributed by atoms with van der Waals surface area (Å²) >= 11 is 1.41. The van der Waals surface area contributed by atoms with E-state index in [0.717, 1.165) is 0 Å². The lowest BCUT2D eigenvalue weighted by atomic mass is 10.2. The van der Waals surface area contributed by atoms with Gasteiger partial charge < -0.3 is 9.15 Å². The molecular weight excluding hydrogens is 202 g/mol. The summed E-state index contributed by atoms with van der Waals surface area (Å²) in [5, 5.41) is 0.584. The third kappa shape index (κ3) is 3.41. The van der Waals surface area contributed by atoms with Gasteiger partial charge in [0.15, 0.2) is 0 Å². The molecule has 0 fully saturated rings. The SMILES string of the molecule is CCOC(=O)C(C)CSc1ncco1. The number of carbonyl (C=O) groups excluding carboxylic acids is 1. The van der Waals surface area contributed by atoms with Crippen LogP contribution in [0.25, 0.3) is 0 Å². The quantitative estimate of drug-likeness (QED) is 0.555. The van der Waals surface area contributed by atoms with E-state index in [1.54, 1.807) is 13.1 Å². The van der Waals surface area contributed by atoms with Crippen LogP contribution in [-0.4, -0.2) is 23.3 Å². The van der Waals surface area contributed by atoms with Crippen LogP contribution in [0.4, 0.5) is 0 Å². The summed E-state index contributed by atoms with van der Waals surface area (Å²) < 4.78 is 9.89. The summed E-state index contributed by atoms with van der Waals surface area (Å²) in [6.07, 6.45) is 3.09. The van der Waals surface area contributed by atoms with Gasteiger partial charge in [-0.2, -0.15) is 0 Å². The van der Waals surface area contributed by atoms with E-state index in [4.69, 9.17) is 9.15 Å². The number of hydrogen-bond donors (Lipinski definition) is 0. The van der Waals surface area contributed by atoms with E-state index in [2.05, 4.69) is 4.98 Å². The Morgan fingerprint density at radius 3 is 3.14 bits per heavy atom. The van der Waals surface area contributed by atoms with Gasteiger partial charge >= 0.3 is 5.97 Å². The second-order valence-corrected chi connectivity index (χ2v) is 3.73. The Morgan fingerprint density at radius 1 is 1.79 bits per heavy atom. The van der Waals surface area contributed by atoms with Crippen LogP contribution in [0.5, 0.6) is 0 Å². The average molecular weight is 215 g/mol. The first-order valence-corrected chi connectivity index (χ1v) is 5.41. The lowest BCUT2D eigenvalue weighted by Crippen LogP contribution is -2.16. The normalized spacial score (nSPS) is 12.4. The monoisotopic (exact) mass is 215 g/mol. The summed E-state index contributed by atoms with van der Waals surface area (Å²) in [6, 6.07) is 0. The molecule has 0 saturated carbocycles. The van der Waals surface area contributed by atoms with Crippen molar-refractivity contribution in [2.24, 2.45) is 5.92 Å². The number of aromatic nitrogens is 1. The third-order valence-electron chi connectivity index (χ3n) is 1.56. The minimum absolute atomic E-state index is 0.133. The molecule has 1 atom stereocenters. The van der Waals surface area contributed by atoms with Crippen LogP contribution >= 0.6 is 11.8 Å². The van der Waals surface area contributed by atoms with Crippen molar-refractivity contribution >= 4 is 17.7 Å². The first kappa shape index (κ1) is 11.1. The number of thioether (sulfide) groups is 1. The Balaban J connectivity index is 2.27. The Kier molecular flexibility index (Phi) is 4.52. The lowest BCUT2D eigenvalue weighted by molar-refractivity contribution is -0.146. The van der Waals surface area contributed by atoms with Crippen LogP contribution in [0, 0.1) is 5.92 Å². The minimum atomic E-state index is -0.174. The second-order valence-electron chi connectivity index (χ2n) is 2.76. The van der Waals surface area contributed by atoms with Gasteiger partial charge in [-0.05, 0) is 6.92 Å². The van der Waals surface area contributed by atoms with Crippen LogP contribution in [0.3, 0.4) is 0 Å². The van der Waals surface area contributed by atoms with Gasteiger partial charge in [-0.1, -0.05) is 18.7 Å². The molecule has 0 N–H and O–H groups in total. The van der Waals surface area contributed by atoms with Crippen LogP contribution in [0.15, 0.2) is 22.1 Å². The average Bonchev–Trinajstić information content (AvgIpc) is 2.67. The molecule has 0 spiro atoms. The van der Waals surface area contributed by atoms with Crippen molar-refractivity contribution in [1.82, 2.24) is 4.98 Å². The van der Waals surface area contributed by atoms with E-state index >= 15 is 0 Å². The van der Waals surface area contributed by atoms with Gasteiger partial charge in [0.1, 0.15) is 6.26 Å². The van der Waals surface area contributed by atoms with Crippen LogP contribution in [-0.2, 0) is 9.53 Å². The Morgan fingerprint density at radius 2 is 2.57 bits per heavy atom. The van der Waals surface area contributed by atoms with E-state index in [9.17, 15) is 4.79 Å². The van der Waals surface area contributed by atoms with Gasteiger partial charge in [-0.3, -0.25) is 4.79 Å². The molecule has 1 heterocycles. The smallest absolute Gasteiger partial charge is 0.309 e. The number of carbonyl (C=O) groups is 1. The van der Waals surface area contributed by atoms with E-state index in [-0.39, 0.29) is 11.9 Å². The predicted octanol–water partition coefficient (Wildman–Crippen LogP) is 1.97. The van der Waals surface area contributed by atoms with Crippen molar-refractivity contribution in [2.75, 3.05) is 12.4 Å². The van der Waals surface area contributed by atoms with Gasteiger partial charge in [-0.25, -0.2) is 4.98 Å². The highest BCUT2D eigenvalue weighted by molar-refractivity contribution is 7.99. The molecule has 1 unspecified atom stereocenters. The zero-order valence-electron chi connectivity index (χ0n) is 8.23. The third-order valence-corrected chi connectivity index (χ3v) is 2.67. The molecule has 0 bridgehead atoms. The molecule has 0 amide bonds. The maximum Gasteiger partial charge on any atom is 0.309 e. The maximum absolute atomic E-state index is 11.2. The van der Waals surface area contributed by atoms with Crippen LogP contribution in [0.1, 0.15) is 13.8 Å². The zero-order chi connectivity index (χ0) is 10.4. The summed E-state index contributed by atoms with van der Waals surface area (Å²) in [5.41, 5.74) is 0. The molecule has 0 radical (unpaired) electrons. The number of nitrogens with zero attached hydrogens (tertiary/aromatic N) is 1. The van der Waals surface area contributed by atoms with Gasteiger partial charge in [0, 0.05) is 5.75 Å². The van der Waals surface area contributed by atoms with Crippen LogP contribution < -0.4 is 0 Å². The van der Waals surface area contributed by atoms with Crippen molar-refractivity contribution in [3.05, 3.63) is 12.5 Å². The summed E-state index contributed by atoms with van der Waals surface area (Å²) in [4.78, 5) is 15.2. The summed E-state index contributed by atoms with van der Waals surface area (Å²) in [5.74, 6) is 0.317. The van der Waals surface area contributed by atoms with E-state index in [1.165, 1.54) is 18.0 Å². The first-order valence-electron chi connectivity index (χ1n) is 4.43. The molecule has 78 valence electrons. The summed E-state index contributed by atoms with van der Waals surface area (Å²) in [7, 11) is 0. The number of hydrogen-bond acceptors (Lipinski definition) is 5. The molecule has 4 nitrogen and oxygen atoms in total. The van der Waals surface area contributed by atoms with E-state index in [1.807, 2.05) is 6.92 Å². The number of rotatable bonds is 5. The molecule has 0 aliphatic carbocycles. The number of ether oxygens (including phenoxy) is 1. The Bertz CT molecular complexity index is 274. The standard InChI is InChI=1S/C9H13NO3S/c1-3-12-8(11)7(2)6-14-9-10-4-5-13-9/h4-5,7H,3,6H2,1-2H3. The fraction of sp³-hybridized carbons (Fsp3) is 0.556. The first-order chi connectivity index (χ1) is 6.74. The van der Waals surface area contributed by atoms with Crippen molar-refractivity contribution in [2.45, 2.75) is 19.1 Å². The molecule has 1 aromatic heterocycles. The molecular formula is C9H13NO3S. The van der Waals surface area contributed by atoms with E-state index in [0.29, 0.717) is 17.6 Å². The lowest BCUT2D eigenvalue weighted by Gasteiger charge is -2.07. The topological polar surface area (TPSA) is 52.3 Å². The van der Waals surface area contributed by atoms with Gasteiger partial charge in [0.25, 0.3) is 5.22 Å². The second kappa shape index (κ2) is 5.70. The molecule has 0 aliphatic rings. The molecule has 1 aromatic rings. The molecule has 0 aliphatic heterocycles. The Labute approximate surface area is 87.0 Å². The zero-order valence-corrected chi connectivity index (χ0v) is 9.04. The summed E-state index contributed by atoms with van der Waals surface area (Å²) in [6.45, 7) is 4.05. The molecule has 14 heavy (non-hydrogen) atoms. The molecule has 0 aromatic carbocycles.